The molecule has 2 heteroatoms. The van der Waals surface area contributed by atoms with Gasteiger partial charge >= 0.3 is 0 Å². The number of rotatable bonds is 1. The van der Waals surface area contributed by atoms with Gasteiger partial charge in [0.15, 0.2) is 0 Å². The van der Waals surface area contributed by atoms with E-state index in [4.69, 9.17) is 5.73 Å². The molecule has 0 aliphatic heterocycles. The van der Waals surface area contributed by atoms with Gasteiger partial charge in [0.25, 0.3) is 0 Å². The van der Waals surface area contributed by atoms with E-state index in [1.165, 1.54) is 0 Å². The molecule has 53 valence electrons. The van der Waals surface area contributed by atoms with Crippen LogP contribution in [0.5, 0.6) is 5.75 Å². The minimum absolute atomic E-state index is 0.293. The van der Waals surface area contributed by atoms with E-state index in [2.05, 4.69) is 6.07 Å². The lowest BCUT2D eigenvalue weighted by atomic mass is 10.1. The average Bonchev–Trinajstić information content (AvgIpc) is 1.95. The molecule has 0 unspecified atom stereocenters. The molecule has 1 rings (SSSR count). The van der Waals surface area contributed by atoms with Crippen molar-refractivity contribution in [2.75, 3.05) is 0 Å². The Morgan fingerprint density at radius 1 is 1.60 bits per heavy atom. The molecule has 0 fully saturated rings. The largest absolute Gasteiger partial charge is 0.507 e. The molecule has 2 nitrogen and oxygen atoms in total. The number of hydrogen-bond acceptors (Lipinski definition) is 2. The molecule has 3 N–H and O–H groups in total. The molecular formula is C8H10NO. The minimum Gasteiger partial charge on any atom is -0.507 e. The third kappa shape index (κ3) is 1.11. The molecule has 0 aliphatic rings. The lowest BCUT2D eigenvalue weighted by Crippen LogP contribution is -1.96. The SMILES string of the molecule is Cc1c[c]cc(CN)c1O. The Morgan fingerprint density at radius 2 is 2.30 bits per heavy atom. The van der Waals surface area contributed by atoms with E-state index in [1.54, 1.807) is 12.1 Å². The summed E-state index contributed by atoms with van der Waals surface area (Å²) < 4.78 is 0. The number of phenolic OH excluding ortho intramolecular Hbond substituents is 1. The molecule has 0 saturated heterocycles. The highest BCUT2D eigenvalue weighted by Gasteiger charge is 1.99. The number of nitrogens with two attached hydrogens (primary N) is 1. The van der Waals surface area contributed by atoms with Gasteiger partial charge < -0.3 is 10.8 Å². The fourth-order valence-corrected chi connectivity index (χ4v) is 0.813. The maximum absolute atomic E-state index is 9.30. The van der Waals surface area contributed by atoms with Gasteiger partial charge in [0.1, 0.15) is 5.75 Å². The number of phenols is 1. The molecule has 0 saturated carbocycles. The molecule has 1 radical (unpaired) electrons. The second-order valence-corrected chi connectivity index (χ2v) is 2.22. The van der Waals surface area contributed by atoms with Crippen molar-refractivity contribution >= 4 is 0 Å². The second-order valence-electron chi connectivity index (χ2n) is 2.22. The van der Waals surface area contributed by atoms with Crippen molar-refractivity contribution in [1.29, 1.82) is 0 Å². The fourth-order valence-electron chi connectivity index (χ4n) is 0.813. The lowest BCUT2D eigenvalue weighted by Gasteiger charge is -2.02. The summed E-state index contributed by atoms with van der Waals surface area (Å²) in [6.07, 6.45) is 0. The smallest absolute Gasteiger partial charge is 0.123 e. The van der Waals surface area contributed by atoms with E-state index in [-0.39, 0.29) is 0 Å². The summed E-state index contributed by atoms with van der Waals surface area (Å²) in [6, 6.07) is 6.31. The third-order valence-corrected chi connectivity index (χ3v) is 1.46. The van der Waals surface area contributed by atoms with Crippen LogP contribution in [0.3, 0.4) is 0 Å². The van der Waals surface area contributed by atoms with Crippen LogP contribution >= 0.6 is 0 Å². The highest BCUT2D eigenvalue weighted by Crippen LogP contribution is 2.19. The van der Waals surface area contributed by atoms with E-state index < -0.39 is 0 Å². The van der Waals surface area contributed by atoms with Crippen LogP contribution in [0.4, 0.5) is 0 Å². The highest BCUT2D eigenvalue weighted by molar-refractivity contribution is 5.38. The molecular weight excluding hydrogens is 126 g/mol. The number of hydrogen-bond donors (Lipinski definition) is 2. The molecule has 0 bridgehead atoms. The van der Waals surface area contributed by atoms with Gasteiger partial charge in [0.05, 0.1) is 0 Å². The minimum atomic E-state index is 0.293. The van der Waals surface area contributed by atoms with Crippen LogP contribution in [0, 0.1) is 13.0 Å². The maximum Gasteiger partial charge on any atom is 0.123 e. The first-order chi connectivity index (χ1) is 4.75. The van der Waals surface area contributed by atoms with Gasteiger partial charge in [0, 0.05) is 12.1 Å². The first-order valence-corrected chi connectivity index (χ1v) is 3.14. The summed E-state index contributed by atoms with van der Waals surface area (Å²) in [5.74, 6) is 0.293. The van der Waals surface area contributed by atoms with Gasteiger partial charge in [-0.25, -0.2) is 0 Å². The predicted molar refractivity (Wildman–Crippen MR) is 39.6 cm³/mol. The molecule has 10 heavy (non-hydrogen) atoms. The van der Waals surface area contributed by atoms with Gasteiger partial charge in [-0.1, -0.05) is 0 Å². The standard InChI is InChI=1S/C8H10NO/c1-6-3-2-4-7(5-9)8(6)10/h3-4,10H,5,9H2,1H3. The Hall–Kier alpha value is -1.02. The van der Waals surface area contributed by atoms with E-state index in [0.717, 1.165) is 11.1 Å². The van der Waals surface area contributed by atoms with Gasteiger partial charge in [-0.05, 0) is 30.7 Å². The van der Waals surface area contributed by atoms with E-state index in [9.17, 15) is 5.11 Å². The van der Waals surface area contributed by atoms with Crippen LogP contribution in [0.15, 0.2) is 12.1 Å². The Bertz CT molecular complexity index is 233. The summed E-state index contributed by atoms with van der Waals surface area (Å²) in [4.78, 5) is 0. The molecule has 0 spiro atoms. The van der Waals surface area contributed by atoms with Gasteiger partial charge in [0.2, 0.25) is 0 Å². The van der Waals surface area contributed by atoms with Crippen LogP contribution < -0.4 is 5.73 Å². The molecule has 0 aliphatic carbocycles. The van der Waals surface area contributed by atoms with Crippen molar-refractivity contribution in [2.45, 2.75) is 13.5 Å². The van der Waals surface area contributed by atoms with Crippen LogP contribution in [0.25, 0.3) is 0 Å². The molecule has 0 aromatic heterocycles. The summed E-state index contributed by atoms with van der Waals surface area (Å²) in [7, 11) is 0. The van der Waals surface area contributed by atoms with Crippen molar-refractivity contribution in [3.63, 3.8) is 0 Å². The number of aryl methyl sites for hydroxylation is 1. The van der Waals surface area contributed by atoms with Crippen molar-refractivity contribution in [2.24, 2.45) is 5.73 Å². The van der Waals surface area contributed by atoms with Crippen molar-refractivity contribution < 1.29 is 5.11 Å². The lowest BCUT2D eigenvalue weighted by molar-refractivity contribution is 0.464. The topological polar surface area (TPSA) is 46.2 Å². The highest BCUT2D eigenvalue weighted by atomic mass is 16.3. The van der Waals surface area contributed by atoms with E-state index >= 15 is 0 Å². The summed E-state index contributed by atoms with van der Waals surface area (Å²) in [6.45, 7) is 2.19. The molecule has 1 aromatic rings. The quantitative estimate of drug-likeness (QED) is 0.604. The van der Waals surface area contributed by atoms with Gasteiger partial charge in [-0.3, -0.25) is 0 Å². The average molecular weight is 136 g/mol. The molecule has 0 atom stereocenters. The van der Waals surface area contributed by atoms with Crippen molar-refractivity contribution in [3.05, 3.63) is 29.3 Å². The Labute approximate surface area is 60.3 Å². The van der Waals surface area contributed by atoms with Crippen LogP contribution in [0.2, 0.25) is 0 Å². The zero-order valence-corrected chi connectivity index (χ0v) is 5.89. The van der Waals surface area contributed by atoms with Crippen LogP contribution in [-0.2, 0) is 6.54 Å². The normalized spacial score (nSPS) is 9.80. The van der Waals surface area contributed by atoms with Crippen molar-refractivity contribution in [3.8, 4) is 5.75 Å². The van der Waals surface area contributed by atoms with Crippen molar-refractivity contribution in [1.82, 2.24) is 0 Å². The Balaban J connectivity index is 3.14. The Morgan fingerprint density at radius 3 is 2.80 bits per heavy atom. The zero-order valence-electron chi connectivity index (χ0n) is 5.89. The predicted octanol–water partition coefficient (Wildman–Crippen LogP) is 0.960. The summed E-state index contributed by atoms with van der Waals surface area (Å²) in [5, 5.41) is 9.30. The molecule has 0 amide bonds. The van der Waals surface area contributed by atoms with E-state index in [1.807, 2.05) is 6.92 Å². The molecule has 1 aromatic carbocycles. The second kappa shape index (κ2) is 2.71. The third-order valence-electron chi connectivity index (χ3n) is 1.46. The summed E-state index contributed by atoms with van der Waals surface area (Å²) >= 11 is 0. The molecule has 0 heterocycles. The maximum atomic E-state index is 9.30. The zero-order chi connectivity index (χ0) is 7.56. The number of benzene rings is 1. The van der Waals surface area contributed by atoms with E-state index in [0.29, 0.717) is 12.3 Å². The van der Waals surface area contributed by atoms with Gasteiger partial charge in [-0.15, -0.1) is 0 Å². The van der Waals surface area contributed by atoms with Crippen LogP contribution in [-0.4, -0.2) is 5.11 Å². The Kier molecular flexibility index (Phi) is 1.92. The fraction of sp³-hybridized carbons (Fsp3) is 0.250. The summed E-state index contributed by atoms with van der Waals surface area (Å²) in [5.41, 5.74) is 6.91. The first-order valence-electron chi connectivity index (χ1n) is 3.14. The first kappa shape index (κ1) is 7.09. The monoisotopic (exact) mass is 136 g/mol. The number of aromatic hydroxyl groups is 1. The van der Waals surface area contributed by atoms with Gasteiger partial charge in [-0.2, -0.15) is 0 Å². The van der Waals surface area contributed by atoms with Crippen LogP contribution in [0.1, 0.15) is 11.1 Å².